The molecular weight excluding hydrogens is 391 g/mol. The van der Waals surface area contributed by atoms with E-state index in [1.54, 1.807) is 37.7 Å². The van der Waals surface area contributed by atoms with Gasteiger partial charge in [-0.15, -0.1) is 0 Å². The number of amides is 1. The van der Waals surface area contributed by atoms with E-state index in [4.69, 9.17) is 9.05 Å². The van der Waals surface area contributed by atoms with Gasteiger partial charge in [0.15, 0.2) is 11.5 Å². The minimum Gasteiger partial charge on any atom is -0.307 e. The van der Waals surface area contributed by atoms with Gasteiger partial charge in [-0.3, -0.25) is 19.5 Å². The Bertz CT molecular complexity index is 1010. The molecule has 8 nitrogen and oxygen atoms in total. The molecule has 29 heavy (non-hydrogen) atoms. The molecule has 1 unspecified atom stereocenters. The van der Waals surface area contributed by atoms with Crippen molar-refractivity contribution in [2.45, 2.75) is 19.6 Å². The van der Waals surface area contributed by atoms with E-state index in [1.165, 1.54) is 0 Å². The van der Waals surface area contributed by atoms with E-state index >= 15 is 0 Å². The lowest BCUT2D eigenvalue weighted by Crippen LogP contribution is -2.40. The second-order valence-corrected chi connectivity index (χ2v) is 8.39. The fraction of sp³-hybridized carbons (Fsp3) is 0.300. The largest absolute Gasteiger partial charge is 0.353 e. The Labute approximate surface area is 169 Å². The zero-order chi connectivity index (χ0) is 20.9. The van der Waals surface area contributed by atoms with Gasteiger partial charge in [0.2, 0.25) is 0 Å². The van der Waals surface area contributed by atoms with E-state index in [2.05, 4.69) is 16.0 Å². The first-order valence-electron chi connectivity index (χ1n) is 9.41. The molecule has 2 aromatic carbocycles. The number of fused-ring (bicyclic) bond motifs is 1. The third-order valence-corrected chi connectivity index (χ3v) is 6.64. The summed E-state index contributed by atoms with van der Waals surface area (Å²) < 4.78 is 26.0. The molecule has 1 amide bonds. The van der Waals surface area contributed by atoms with Crippen molar-refractivity contribution in [1.82, 2.24) is 20.6 Å². The standard InChI is InChI=1S/C20H25N4O4P/c1-4-27-29(26,28-5-2)20(15-11-7-6-8-12-15)22-21-19(25)18-16-13-9-10-14-17(16)24(3)23-18/h6-14,20,22H,4-5H2,1-3H3,(H,21,25). The normalized spacial score (nSPS) is 12.8. The van der Waals surface area contributed by atoms with E-state index in [9.17, 15) is 9.36 Å². The highest BCUT2D eigenvalue weighted by molar-refractivity contribution is 7.54. The summed E-state index contributed by atoms with van der Waals surface area (Å²) in [6.45, 7) is 3.90. The lowest BCUT2D eigenvalue weighted by atomic mass is 10.2. The SMILES string of the molecule is CCOP(=O)(OCC)C(NNC(=O)c1nn(C)c2ccccc12)c1ccccc1. The molecule has 3 aromatic rings. The lowest BCUT2D eigenvalue weighted by Gasteiger charge is -2.27. The summed E-state index contributed by atoms with van der Waals surface area (Å²) in [4.78, 5) is 12.8. The molecule has 0 aliphatic carbocycles. The summed E-state index contributed by atoms with van der Waals surface area (Å²) in [5, 5.41) is 5.03. The molecule has 0 bridgehead atoms. The first-order chi connectivity index (χ1) is 14.0. The van der Waals surface area contributed by atoms with E-state index in [0.717, 1.165) is 10.9 Å². The van der Waals surface area contributed by atoms with Gasteiger partial charge in [0.25, 0.3) is 5.91 Å². The van der Waals surface area contributed by atoms with Crippen LogP contribution in [0.4, 0.5) is 0 Å². The van der Waals surface area contributed by atoms with Crippen LogP contribution in [-0.4, -0.2) is 28.9 Å². The minimum absolute atomic E-state index is 0.209. The zero-order valence-corrected chi connectivity index (χ0v) is 17.6. The average Bonchev–Trinajstić information content (AvgIpc) is 3.06. The number of para-hydroxylation sites is 1. The fourth-order valence-electron chi connectivity index (χ4n) is 3.10. The molecule has 0 saturated carbocycles. The first-order valence-corrected chi connectivity index (χ1v) is 11.0. The lowest BCUT2D eigenvalue weighted by molar-refractivity contribution is 0.0923. The van der Waals surface area contributed by atoms with Crippen molar-refractivity contribution in [3.63, 3.8) is 0 Å². The maximum atomic E-state index is 13.4. The van der Waals surface area contributed by atoms with Crippen LogP contribution in [0.15, 0.2) is 54.6 Å². The predicted octanol–water partition coefficient (Wildman–Crippen LogP) is 3.77. The number of carbonyl (C=O) groups is 1. The molecule has 3 rings (SSSR count). The second kappa shape index (κ2) is 9.33. The fourth-order valence-corrected chi connectivity index (χ4v) is 4.95. The van der Waals surface area contributed by atoms with Crippen LogP contribution >= 0.6 is 7.60 Å². The highest BCUT2D eigenvalue weighted by Gasteiger charge is 2.37. The molecule has 0 fully saturated rings. The topological polar surface area (TPSA) is 94.5 Å². The van der Waals surface area contributed by atoms with Crippen LogP contribution in [0, 0.1) is 0 Å². The molecule has 1 heterocycles. The number of carbonyl (C=O) groups excluding carboxylic acids is 1. The molecule has 2 N–H and O–H groups in total. The van der Waals surface area contributed by atoms with Gasteiger partial charge in [-0.2, -0.15) is 5.10 Å². The van der Waals surface area contributed by atoms with Crippen LogP contribution in [0.2, 0.25) is 0 Å². The number of hydrogen-bond donors (Lipinski definition) is 2. The van der Waals surface area contributed by atoms with Gasteiger partial charge >= 0.3 is 7.60 Å². The van der Waals surface area contributed by atoms with Crippen LogP contribution in [-0.2, 0) is 20.7 Å². The van der Waals surface area contributed by atoms with Crippen molar-refractivity contribution >= 4 is 24.4 Å². The Morgan fingerprint density at radius 1 is 1.07 bits per heavy atom. The average molecular weight is 416 g/mol. The molecule has 1 aromatic heterocycles. The highest BCUT2D eigenvalue weighted by atomic mass is 31.2. The van der Waals surface area contributed by atoms with E-state index in [0.29, 0.717) is 5.56 Å². The van der Waals surface area contributed by atoms with Crippen molar-refractivity contribution in [3.8, 4) is 0 Å². The Morgan fingerprint density at radius 2 is 1.69 bits per heavy atom. The van der Waals surface area contributed by atoms with Crippen molar-refractivity contribution in [3.05, 3.63) is 65.9 Å². The highest BCUT2D eigenvalue weighted by Crippen LogP contribution is 2.59. The van der Waals surface area contributed by atoms with E-state index in [-0.39, 0.29) is 18.9 Å². The Kier molecular flexibility index (Phi) is 6.82. The monoisotopic (exact) mass is 416 g/mol. The van der Waals surface area contributed by atoms with Gasteiger partial charge in [0.1, 0.15) is 0 Å². The van der Waals surface area contributed by atoms with Crippen molar-refractivity contribution in [1.29, 1.82) is 0 Å². The zero-order valence-electron chi connectivity index (χ0n) is 16.7. The summed E-state index contributed by atoms with van der Waals surface area (Å²) in [7, 11) is -1.82. The van der Waals surface area contributed by atoms with Crippen LogP contribution < -0.4 is 10.9 Å². The molecule has 0 saturated heterocycles. The minimum atomic E-state index is -3.59. The molecular formula is C20H25N4O4P. The van der Waals surface area contributed by atoms with Gasteiger partial charge in [0, 0.05) is 12.4 Å². The van der Waals surface area contributed by atoms with Crippen molar-refractivity contribution < 1.29 is 18.4 Å². The predicted molar refractivity (Wildman–Crippen MR) is 111 cm³/mol. The third kappa shape index (κ3) is 4.57. The van der Waals surface area contributed by atoms with Gasteiger partial charge in [-0.05, 0) is 25.5 Å². The van der Waals surface area contributed by atoms with Crippen LogP contribution in [0.5, 0.6) is 0 Å². The summed E-state index contributed by atoms with van der Waals surface area (Å²) in [6, 6.07) is 16.5. The summed E-state index contributed by atoms with van der Waals surface area (Å²) in [6.07, 6.45) is 0. The smallest absolute Gasteiger partial charge is 0.307 e. The summed E-state index contributed by atoms with van der Waals surface area (Å²) >= 11 is 0. The Balaban J connectivity index is 1.88. The number of nitrogens with one attached hydrogen (secondary N) is 2. The molecule has 0 aliphatic rings. The number of hydrazine groups is 1. The van der Waals surface area contributed by atoms with E-state index in [1.807, 2.05) is 42.5 Å². The van der Waals surface area contributed by atoms with Gasteiger partial charge in [0.05, 0.1) is 18.7 Å². The van der Waals surface area contributed by atoms with Crippen LogP contribution in [0.1, 0.15) is 35.7 Å². The number of rotatable bonds is 9. The molecule has 0 aliphatic heterocycles. The molecule has 0 spiro atoms. The molecule has 154 valence electrons. The van der Waals surface area contributed by atoms with Crippen LogP contribution in [0.25, 0.3) is 10.9 Å². The van der Waals surface area contributed by atoms with Crippen molar-refractivity contribution in [2.24, 2.45) is 7.05 Å². The van der Waals surface area contributed by atoms with Gasteiger partial charge in [-0.25, -0.2) is 5.43 Å². The Morgan fingerprint density at radius 3 is 2.34 bits per heavy atom. The molecule has 9 heteroatoms. The molecule has 1 atom stereocenters. The van der Waals surface area contributed by atoms with Crippen molar-refractivity contribution in [2.75, 3.05) is 13.2 Å². The number of hydrogen-bond acceptors (Lipinski definition) is 6. The number of nitrogens with zero attached hydrogens (tertiary/aromatic N) is 2. The first kappa shape index (κ1) is 21.2. The van der Waals surface area contributed by atoms with E-state index < -0.39 is 19.3 Å². The van der Waals surface area contributed by atoms with Gasteiger partial charge < -0.3 is 9.05 Å². The Hall–Kier alpha value is -2.51. The maximum absolute atomic E-state index is 13.4. The number of aryl methyl sites for hydroxylation is 1. The summed E-state index contributed by atoms with van der Waals surface area (Å²) in [5.74, 6) is -1.31. The quantitative estimate of drug-likeness (QED) is 0.407. The van der Waals surface area contributed by atoms with Gasteiger partial charge in [-0.1, -0.05) is 48.5 Å². The van der Waals surface area contributed by atoms with Crippen LogP contribution in [0.3, 0.4) is 0 Å². The third-order valence-electron chi connectivity index (χ3n) is 4.34. The number of aromatic nitrogens is 2. The number of benzene rings is 2. The second-order valence-electron chi connectivity index (χ2n) is 6.28. The summed E-state index contributed by atoms with van der Waals surface area (Å²) in [5.41, 5.74) is 7.26. The maximum Gasteiger partial charge on any atom is 0.353 e. The molecule has 0 radical (unpaired) electrons.